The van der Waals surface area contributed by atoms with E-state index >= 15 is 0 Å². The first kappa shape index (κ1) is 20.4. The average molecular weight is 391 g/mol. The van der Waals surface area contributed by atoms with Crippen molar-refractivity contribution in [3.05, 3.63) is 69.8 Å². The zero-order valence-electron chi connectivity index (χ0n) is 15.2. The number of hydrogen-bond acceptors (Lipinski definition) is 5. The summed E-state index contributed by atoms with van der Waals surface area (Å²) in [6.45, 7) is 3.62. The van der Waals surface area contributed by atoms with E-state index in [1.807, 2.05) is 31.2 Å². The van der Waals surface area contributed by atoms with E-state index in [2.05, 4.69) is 5.32 Å². The molecular formula is C18H21N3O5S. The van der Waals surface area contributed by atoms with E-state index in [0.717, 1.165) is 27.8 Å². The van der Waals surface area contributed by atoms with Gasteiger partial charge in [0.1, 0.15) is 6.04 Å². The van der Waals surface area contributed by atoms with Crippen LogP contribution in [0.15, 0.2) is 48.5 Å². The molecule has 0 bridgehead atoms. The molecule has 8 nitrogen and oxygen atoms in total. The molecule has 2 aromatic carbocycles. The Morgan fingerprint density at radius 2 is 1.89 bits per heavy atom. The quantitative estimate of drug-likeness (QED) is 0.576. The third-order valence-electron chi connectivity index (χ3n) is 3.93. The molecule has 0 aromatic heterocycles. The summed E-state index contributed by atoms with van der Waals surface area (Å²) in [6, 6.07) is 11.7. The van der Waals surface area contributed by atoms with Crippen LogP contribution in [0, 0.1) is 17.0 Å². The third kappa shape index (κ3) is 5.27. The van der Waals surface area contributed by atoms with Gasteiger partial charge < -0.3 is 5.32 Å². The topological polar surface area (TPSA) is 110 Å². The number of aryl methyl sites for hydroxylation is 1. The molecule has 0 aliphatic carbocycles. The van der Waals surface area contributed by atoms with Crippen LogP contribution in [0.5, 0.6) is 0 Å². The maximum absolute atomic E-state index is 12.5. The van der Waals surface area contributed by atoms with E-state index in [-0.39, 0.29) is 17.9 Å². The summed E-state index contributed by atoms with van der Waals surface area (Å²) in [7, 11) is -3.84. The van der Waals surface area contributed by atoms with Gasteiger partial charge in [0, 0.05) is 18.7 Å². The first-order valence-corrected chi connectivity index (χ1v) is 10.0. The Balaban J connectivity index is 2.24. The van der Waals surface area contributed by atoms with Gasteiger partial charge in [0.2, 0.25) is 15.9 Å². The lowest BCUT2D eigenvalue weighted by atomic mass is 10.1. The zero-order chi connectivity index (χ0) is 20.2. The molecule has 27 heavy (non-hydrogen) atoms. The Labute approximate surface area is 158 Å². The molecule has 9 heteroatoms. The normalized spacial score (nSPS) is 12.3. The number of anilines is 1. The van der Waals surface area contributed by atoms with Gasteiger partial charge in [-0.15, -0.1) is 0 Å². The fraction of sp³-hybridized carbons (Fsp3) is 0.278. The fourth-order valence-electron chi connectivity index (χ4n) is 2.71. The average Bonchev–Trinajstić information content (AvgIpc) is 2.58. The first-order valence-electron chi connectivity index (χ1n) is 8.16. The zero-order valence-corrected chi connectivity index (χ0v) is 16.1. The molecule has 2 rings (SSSR count). The van der Waals surface area contributed by atoms with Crippen molar-refractivity contribution in [2.75, 3.05) is 10.6 Å². The van der Waals surface area contributed by atoms with E-state index in [9.17, 15) is 23.3 Å². The van der Waals surface area contributed by atoms with Gasteiger partial charge in [-0.25, -0.2) is 8.42 Å². The van der Waals surface area contributed by atoms with Gasteiger partial charge in [-0.05, 0) is 25.5 Å². The number of carbonyl (C=O) groups excluding carboxylic acids is 1. The van der Waals surface area contributed by atoms with Crippen molar-refractivity contribution in [2.45, 2.75) is 26.4 Å². The first-order chi connectivity index (χ1) is 12.6. The molecule has 0 spiro atoms. The second-order valence-corrected chi connectivity index (χ2v) is 8.08. The Morgan fingerprint density at radius 3 is 2.48 bits per heavy atom. The number of nitrogens with one attached hydrogen (secondary N) is 1. The van der Waals surface area contributed by atoms with Crippen molar-refractivity contribution in [1.82, 2.24) is 5.32 Å². The van der Waals surface area contributed by atoms with Crippen molar-refractivity contribution in [3.8, 4) is 0 Å². The molecule has 1 unspecified atom stereocenters. The second kappa shape index (κ2) is 8.17. The van der Waals surface area contributed by atoms with Crippen LogP contribution >= 0.6 is 0 Å². The molecule has 2 aromatic rings. The third-order valence-corrected chi connectivity index (χ3v) is 5.17. The number of nitro groups is 1. The molecular weight excluding hydrogens is 370 g/mol. The standard InChI is InChI=1S/C18H21N3O5S/c1-13-6-4-7-15(10-13)12-19-18(22)14(2)20(27(3,25)26)16-8-5-9-17(11-16)21(23)24/h4-11,14H,12H2,1-3H3,(H,19,22). The van der Waals surface area contributed by atoms with E-state index in [1.54, 1.807) is 0 Å². The summed E-state index contributed by atoms with van der Waals surface area (Å²) in [5.41, 5.74) is 1.74. The summed E-state index contributed by atoms with van der Waals surface area (Å²) in [5.74, 6) is -0.506. The number of hydrogen-bond donors (Lipinski definition) is 1. The minimum Gasteiger partial charge on any atom is -0.350 e. The van der Waals surface area contributed by atoms with Crippen molar-refractivity contribution in [3.63, 3.8) is 0 Å². The Kier molecular flexibility index (Phi) is 6.17. The van der Waals surface area contributed by atoms with Crippen LogP contribution in [0.3, 0.4) is 0 Å². The van der Waals surface area contributed by atoms with Crippen molar-refractivity contribution >= 4 is 27.3 Å². The maximum Gasteiger partial charge on any atom is 0.271 e. The summed E-state index contributed by atoms with van der Waals surface area (Å²) in [4.78, 5) is 22.9. The Bertz CT molecular complexity index is 959. The summed E-state index contributed by atoms with van der Waals surface area (Å²) >= 11 is 0. The van der Waals surface area contributed by atoms with Crippen molar-refractivity contribution in [2.24, 2.45) is 0 Å². The van der Waals surface area contributed by atoms with Crippen LogP contribution in [0.1, 0.15) is 18.1 Å². The molecule has 0 aliphatic rings. The fourth-order valence-corrected chi connectivity index (χ4v) is 3.88. The Hall–Kier alpha value is -2.94. The largest absolute Gasteiger partial charge is 0.350 e. The van der Waals surface area contributed by atoms with Crippen molar-refractivity contribution in [1.29, 1.82) is 0 Å². The van der Waals surface area contributed by atoms with Crippen LogP contribution in [0.4, 0.5) is 11.4 Å². The van der Waals surface area contributed by atoms with Gasteiger partial charge in [-0.1, -0.05) is 35.9 Å². The predicted octanol–water partition coefficient (Wildman–Crippen LogP) is 2.37. The summed E-state index contributed by atoms with van der Waals surface area (Å²) < 4.78 is 25.4. The number of nitro benzene ring substituents is 1. The van der Waals surface area contributed by atoms with Gasteiger partial charge >= 0.3 is 0 Å². The predicted molar refractivity (Wildman–Crippen MR) is 103 cm³/mol. The maximum atomic E-state index is 12.5. The number of non-ortho nitro benzene ring substituents is 1. The summed E-state index contributed by atoms with van der Waals surface area (Å²) in [6.07, 6.45) is 0.955. The highest BCUT2D eigenvalue weighted by atomic mass is 32.2. The Morgan fingerprint density at radius 1 is 1.22 bits per heavy atom. The molecule has 0 saturated carbocycles. The lowest BCUT2D eigenvalue weighted by molar-refractivity contribution is -0.384. The van der Waals surface area contributed by atoms with Gasteiger partial charge in [0.25, 0.3) is 5.69 Å². The van der Waals surface area contributed by atoms with Crippen LogP contribution in [-0.4, -0.2) is 31.5 Å². The second-order valence-electron chi connectivity index (χ2n) is 6.22. The molecule has 1 amide bonds. The van der Waals surface area contributed by atoms with Gasteiger partial charge in [0.15, 0.2) is 0 Å². The monoisotopic (exact) mass is 391 g/mol. The van der Waals surface area contributed by atoms with Crippen LogP contribution in [-0.2, 0) is 21.4 Å². The van der Waals surface area contributed by atoms with Crippen LogP contribution in [0.25, 0.3) is 0 Å². The molecule has 0 aliphatic heterocycles. The number of nitrogens with zero attached hydrogens (tertiary/aromatic N) is 2. The minimum absolute atomic E-state index is 0.0601. The highest BCUT2D eigenvalue weighted by molar-refractivity contribution is 7.92. The highest BCUT2D eigenvalue weighted by Crippen LogP contribution is 2.25. The van der Waals surface area contributed by atoms with Gasteiger partial charge in [-0.3, -0.25) is 19.2 Å². The highest BCUT2D eigenvalue weighted by Gasteiger charge is 2.29. The molecule has 1 atom stereocenters. The SMILES string of the molecule is Cc1cccc(CNC(=O)C(C)N(c2cccc([N+](=O)[O-])c2)S(C)(=O)=O)c1. The van der Waals surface area contributed by atoms with E-state index in [4.69, 9.17) is 0 Å². The number of rotatable bonds is 7. The molecule has 0 radical (unpaired) electrons. The smallest absolute Gasteiger partial charge is 0.271 e. The lowest BCUT2D eigenvalue weighted by Gasteiger charge is -2.28. The number of benzene rings is 2. The molecule has 144 valence electrons. The van der Waals surface area contributed by atoms with Crippen LogP contribution in [0.2, 0.25) is 0 Å². The number of carbonyl (C=O) groups is 1. The van der Waals surface area contributed by atoms with Crippen LogP contribution < -0.4 is 9.62 Å². The van der Waals surface area contributed by atoms with E-state index in [0.29, 0.717) is 0 Å². The molecule has 0 heterocycles. The lowest BCUT2D eigenvalue weighted by Crippen LogP contribution is -2.47. The van der Waals surface area contributed by atoms with Crippen molar-refractivity contribution < 1.29 is 18.1 Å². The minimum atomic E-state index is -3.84. The van der Waals surface area contributed by atoms with E-state index < -0.39 is 26.9 Å². The molecule has 0 saturated heterocycles. The summed E-state index contributed by atoms with van der Waals surface area (Å²) in [5, 5.41) is 13.7. The van der Waals surface area contributed by atoms with Gasteiger partial charge in [0.05, 0.1) is 16.9 Å². The number of amides is 1. The van der Waals surface area contributed by atoms with E-state index in [1.165, 1.54) is 25.1 Å². The molecule has 1 N–H and O–H groups in total. The number of sulfonamides is 1. The molecule has 0 fully saturated rings. The van der Waals surface area contributed by atoms with Gasteiger partial charge in [-0.2, -0.15) is 0 Å².